The molecule has 3 heteroatoms. The van der Waals surface area contributed by atoms with Gasteiger partial charge in [0, 0.05) is 24.4 Å². The molecule has 0 radical (unpaired) electrons. The zero-order valence-corrected chi connectivity index (χ0v) is 9.07. The van der Waals surface area contributed by atoms with Crippen LogP contribution in [0, 0.1) is 0 Å². The number of benzene rings is 1. The monoisotopic (exact) mass is 215 g/mol. The van der Waals surface area contributed by atoms with E-state index in [0.717, 1.165) is 16.5 Å². The van der Waals surface area contributed by atoms with E-state index in [0.29, 0.717) is 6.54 Å². The van der Waals surface area contributed by atoms with Crippen molar-refractivity contribution in [1.82, 2.24) is 5.32 Å². The summed E-state index contributed by atoms with van der Waals surface area (Å²) >= 11 is 0. The smallest absolute Gasteiger partial charge is 0.217 e. The SMILES string of the molecule is CC(=O)NCC=Cc1coc2ccccc12. The zero-order valence-electron chi connectivity index (χ0n) is 9.07. The largest absolute Gasteiger partial charge is 0.464 e. The molecule has 1 aromatic carbocycles. The minimum Gasteiger partial charge on any atom is -0.464 e. The summed E-state index contributed by atoms with van der Waals surface area (Å²) in [6, 6.07) is 7.86. The molecule has 0 unspecified atom stereocenters. The number of furan rings is 1. The molecule has 3 nitrogen and oxygen atoms in total. The fourth-order valence-corrected chi connectivity index (χ4v) is 1.52. The Kier molecular flexibility index (Phi) is 3.05. The van der Waals surface area contributed by atoms with Crippen LogP contribution in [-0.4, -0.2) is 12.5 Å². The van der Waals surface area contributed by atoms with E-state index < -0.39 is 0 Å². The Labute approximate surface area is 93.8 Å². The Morgan fingerprint density at radius 2 is 2.25 bits per heavy atom. The minimum atomic E-state index is -0.0262. The second-order valence-corrected chi connectivity index (χ2v) is 3.53. The lowest BCUT2D eigenvalue weighted by Gasteiger charge is -1.94. The second kappa shape index (κ2) is 4.66. The molecular formula is C13H13NO2. The predicted molar refractivity (Wildman–Crippen MR) is 63.9 cm³/mol. The van der Waals surface area contributed by atoms with Crippen LogP contribution in [0.1, 0.15) is 12.5 Å². The number of rotatable bonds is 3. The molecule has 1 N–H and O–H groups in total. The van der Waals surface area contributed by atoms with Crippen molar-refractivity contribution in [2.75, 3.05) is 6.54 Å². The summed E-state index contributed by atoms with van der Waals surface area (Å²) < 4.78 is 5.39. The van der Waals surface area contributed by atoms with Crippen molar-refractivity contribution in [1.29, 1.82) is 0 Å². The number of fused-ring (bicyclic) bond motifs is 1. The van der Waals surface area contributed by atoms with Gasteiger partial charge in [0.05, 0.1) is 6.26 Å². The van der Waals surface area contributed by atoms with Crippen LogP contribution < -0.4 is 5.32 Å². The first kappa shape index (κ1) is 10.5. The average Bonchev–Trinajstić information content (AvgIpc) is 2.68. The number of carbonyl (C=O) groups is 1. The van der Waals surface area contributed by atoms with E-state index in [1.165, 1.54) is 6.92 Å². The maximum atomic E-state index is 10.7. The zero-order chi connectivity index (χ0) is 11.4. The van der Waals surface area contributed by atoms with Gasteiger partial charge in [0.1, 0.15) is 5.58 Å². The molecule has 16 heavy (non-hydrogen) atoms. The van der Waals surface area contributed by atoms with E-state index in [1.807, 2.05) is 36.4 Å². The predicted octanol–water partition coefficient (Wildman–Crippen LogP) is 2.58. The van der Waals surface area contributed by atoms with Crippen LogP contribution in [0.5, 0.6) is 0 Å². The molecule has 0 spiro atoms. The first-order valence-corrected chi connectivity index (χ1v) is 5.14. The summed E-state index contributed by atoms with van der Waals surface area (Å²) in [5, 5.41) is 3.78. The fraction of sp³-hybridized carbons (Fsp3) is 0.154. The summed E-state index contributed by atoms with van der Waals surface area (Å²) in [4.78, 5) is 10.7. The van der Waals surface area contributed by atoms with E-state index in [1.54, 1.807) is 6.26 Å². The summed E-state index contributed by atoms with van der Waals surface area (Å²) in [6.07, 6.45) is 5.56. The molecule has 0 aliphatic rings. The van der Waals surface area contributed by atoms with Crippen LogP contribution >= 0.6 is 0 Å². The summed E-state index contributed by atoms with van der Waals surface area (Å²) in [6.45, 7) is 2.04. The summed E-state index contributed by atoms with van der Waals surface area (Å²) in [7, 11) is 0. The van der Waals surface area contributed by atoms with Crippen LogP contribution in [0.2, 0.25) is 0 Å². The van der Waals surface area contributed by atoms with Crippen molar-refractivity contribution in [2.24, 2.45) is 0 Å². The number of carbonyl (C=O) groups excluding carboxylic acids is 1. The number of para-hydroxylation sites is 1. The molecule has 1 aromatic heterocycles. The second-order valence-electron chi connectivity index (χ2n) is 3.53. The normalized spacial score (nSPS) is 11.1. The molecule has 0 atom stereocenters. The molecule has 0 bridgehead atoms. The maximum absolute atomic E-state index is 10.7. The van der Waals surface area contributed by atoms with Gasteiger partial charge in [0.2, 0.25) is 5.91 Å². The van der Waals surface area contributed by atoms with Crippen LogP contribution in [0.3, 0.4) is 0 Å². The lowest BCUT2D eigenvalue weighted by atomic mass is 10.1. The van der Waals surface area contributed by atoms with Gasteiger partial charge in [0.25, 0.3) is 0 Å². The number of nitrogens with one attached hydrogen (secondary N) is 1. The van der Waals surface area contributed by atoms with E-state index in [2.05, 4.69) is 5.32 Å². The van der Waals surface area contributed by atoms with Crippen molar-refractivity contribution in [3.63, 3.8) is 0 Å². The Balaban J connectivity index is 2.12. The molecular weight excluding hydrogens is 202 g/mol. The van der Waals surface area contributed by atoms with E-state index in [9.17, 15) is 4.79 Å². The number of hydrogen-bond acceptors (Lipinski definition) is 2. The Hall–Kier alpha value is -2.03. The highest BCUT2D eigenvalue weighted by Gasteiger charge is 2.00. The topological polar surface area (TPSA) is 42.2 Å². The van der Waals surface area contributed by atoms with Crippen LogP contribution in [0.4, 0.5) is 0 Å². The standard InChI is InChI=1S/C13H13NO2/c1-10(15)14-8-4-5-11-9-16-13-7-3-2-6-12(11)13/h2-7,9H,8H2,1H3,(H,14,15). The third-order valence-electron chi connectivity index (χ3n) is 2.28. The Morgan fingerprint density at radius 1 is 1.44 bits per heavy atom. The van der Waals surface area contributed by atoms with Crippen molar-refractivity contribution >= 4 is 23.0 Å². The summed E-state index contributed by atoms with van der Waals surface area (Å²) in [5.41, 5.74) is 1.91. The first-order chi connectivity index (χ1) is 7.77. The van der Waals surface area contributed by atoms with Gasteiger partial charge in [-0.25, -0.2) is 0 Å². The van der Waals surface area contributed by atoms with Crippen molar-refractivity contribution in [3.05, 3.63) is 42.2 Å². The van der Waals surface area contributed by atoms with Gasteiger partial charge >= 0.3 is 0 Å². The number of amides is 1. The lowest BCUT2D eigenvalue weighted by Crippen LogP contribution is -2.19. The Bertz CT molecular complexity index is 525. The van der Waals surface area contributed by atoms with E-state index in [4.69, 9.17) is 4.42 Å². The van der Waals surface area contributed by atoms with Gasteiger partial charge in [-0.1, -0.05) is 30.4 Å². The van der Waals surface area contributed by atoms with Crippen LogP contribution in [-0.2, 0) is 4.79 Å². The molecule has 1 heterocycles. The van der Waals surface area contributed by atoms with Crippen LogP contribution in [0.15, 0.2) is 41.0 Å². The van der Waals surface area contributed by atoms with Crippen molar-refractivity contribution in [2.45, 2.75) is 6.92 Å². The highest BCUT2D eigenvalue weighted by molar-refractivity contribution is 5.86. The first-order valence-electron chi connectivity index (χ1n) is 5.14. The summed E-state index contributed by atoms with van der Waals surface area (Å²) in [5.74, 6) is -0.0262. The highest BCUT2D eigenvalue weighted by atomic mass is 16.3. The van der Waals surface area contributed by atoms with Gasteiger partial charge in [-0.05, 0) is 6.07 Å². The van der Waals surface area contributed by atoms with E-state index >= 15 is 0 Å². The van der Waals surface area contributed by atoms with Crippen molar-refractivity contribution in [3.8, 4) is 0 Å². The third-order valence-corrected chi connectivity index (χ3v) is 2.28. The van der Waals surface area contributed by atoms with Crippen molar-refractivity contribution < 1.29 is 9.21 Å². The van der Waals surface area contributed by atoms with Gasteiger partial charge < -0.3 is 9.73 Å². The molecule has 0 saturated heterocycles. The van der Waals surface area contributed by atoms with Gasteiger partial charge in [-0.3, -0.25) is 4.79 Å². The molecule has 0 fully saturated rings. The van der Waals surface area contributed by atoms with Crippen LogP contribution in [0.25, 0.3) is 17.0 Å². The molecule has 0 aliphatic heterocycles. The molecule has 0 aliphatic carbocycles. The third kappa shape index (κ3) is 2.31. The number of hydrogen-bond donors (Lipinski definition) is 1. The quantitative estimate of drug-likeness (QED) is 0.855. The minimum absolute atomic E-state index is 0.0262. The molecule has 82 valence electrons. The van der Waals surface area contributed by atoms with Gasteiger partial charge in [-0.15, -0.1) is 0 Å². The molecule has 2 aromatic rings. The molecule has 0 saturated carbocycles. The highest BCUT2D eigenvalue weighted by Crippen LogP contribution is 2.21. The molecule has 2 rings (SSSR count). The molecule has 1 amide bonds. The van der Waals surface area contributed by atoms with Gasteiger partial charge in [0.15, 0.2) is 0 Å². The lowest BCUT2D eigenvalue weighted by molar-refractivity contribution is -0.118. The fourth-order valence-electron chi connectivity index (χ4n) is 1.52. The van der Waals surface area contributed by atoms with Gasteiger partial charge in [-0.2, -0.15) is 0 Å². The average molecular weight is 215 g/mol. The Morgan fingerprint density at radius 3 is 3.06 bits per heavy atom. The van der Waals surface area contributed by atoms with E-state index in [-0.39, 0.29) is 5.91 Å². The maximum Gasteiger partial charge on any atom is 0.217 e.